The molecule has 0 radical (unpaired) electrons. The van der Waals surface area contributed by atoms with Crippen molar-refractivity contribution >= 4 is 23.4 Å². The lowest BCUT2D eigenvalue weighted by Crippen LogP contribution is -2.01. The molecule has 0 saturated carbocycles. The van der Waals surface area contributed by atoms with Gasteiger partial charge in [0.15, 0.2) is 16.8 Å². The Balaban J connectivity index is 1.70. The molecule has 4 rings (SSSR count). The number of rotatable bonds is 7. The number of hydrogen-bond acceptors (Lipinski definition) is 6. The minimum atomic E-state index is -0.0576. The Morgan fingerprint density at radius 2 is 1.83 bits per heavy atom. The smallest absolute Gasteiger partial charge is 0.239 e. The molecular weight excluding hydrogens is 406 g/mol. The SMILES string of the molecule is CCCc1noc(C(C)Sc2nnc(-c3ccc(Cl)cc3)n2-c2ccccc2)n1. The molecule has 0 amide bonds. The maximum Gasteiger partial charge on any atom is 0.239 e. The van der Waals surface area contributed by atoms with Gasteiger partial charge in [0.2, 0.25) is 5.89 Å². The van der Waals surface area contributed by atoms with E-state index in [9.17, 15) is 0 Å². The highest BCUT2D eigenvalue weighted by atomic mass is 35.5. The van der Waals surface area contributed by atoms with Crippen LogP contribution in [0.2, 0.25) is 5.02 Å². The number of para-hydroxylation sites is 1. The summed E-state index contributed by atoms with van der Waals surface area (Å²) in [5, 5.41) is 14.3. The standard InChI is InChI=1S/C21H20ClN5OS/c1-3-7-18-23-20(28-26-18)14(2)29-21-25-24-19(15-10-12-16(22)13-11-15)27(21)17-8-5-4-6-9-17/h4-6,8-14H,3,7H2,1-2H3. The first-order valence-electron chi connectivity index (χ1n) is 9.41. The third kappa shape index (κ3) is 4.36. The van der Waals surface area contributed by atoms with Gasteiger partial charge in [-0.2, -0.15) is 4.98 Å². The van der Waals surface area contributed by atoms with Crippen LogP contribution in [0.1, 0.15) is 37.2 Å². The molecule has 0 aliphatic carbocycles. The van der Waals surface area contributed by atoms with E-state index in [4.69, 9.17) is 16.1 Å². The number of halogens is 1. The molecule has 0 aliphatic heterocycles. The molecular formula is C21H20ClN5OS. The lowest BCUT2D eigenvalue weighted by Gasteiger charge is -2.12. The molecule has 148 valence electrons. The van der Waals surface area contributed by atoms with E-state index >= 15 is 0 Å². The van der Waals surface area contributed by atoms with E-state index in [1.54, 1.807) is 0 Å². The van der Waals surface area contributed by atoms with Crippen molar-refractivity contribution in [1.82, 2.24) is 24.9 Å². The second-order valence-electron chi connectivity index (χ2n) is 6.54. The van der Waals surface area contributed by atoms with E-state index < -0.39 is 0 Å². The van der Waals surface area contributed by atoms with Crippen LogP contribution in [-0.4, -0.2) is 24.9 Å². The van der Waals surface area contributed by atoms with Gasteiger partial charge < -0.3 is 4.52 Å². The molecule has 0 saturated heterocycles. The fourth-order valence-corrected chi connectivity index (χ4v) is 3.93. The van der Waals surface area contributed by atoms with Crippen LogP contribution in [0, 0.1) is 0 Å². The zero-order chi connectivity index (χ0) is 20.2. The lowest BCUT2D eigenvalue weighted by atomic mass is 10.2. The van der Waals surface area contributed by atoms with E-state index in [-0.39, 0.29) is 5.25 Å². The zero-order valence-corrected chi connectivity index (χ0v) is 17.7. The fraction of sp³-hybridized carbons (Fsp3) is 0.238. The van der Waals surface area contributed by atoms with Gasteiger partial charge >= 0.3 is 0 Å². The number of hydrogen-bond donors (Lipinski definition) is 0. The van der Waals surface area contributed by atoms with Crippen molar-refractivity contribution in [2.24, 2.45) is 0 Å². The molecule has 0 bridgehead atoms. The number of aryl methyl sites for hydroxylation is 1. The molecule has 0 fully saturated rings. The third-order valence-electron chi connectivity index (χ3n) is 4.34. The summed E-state index contributed by atoms with van der Waals surface area (Å²) >= 11 is 7.59. The maximum absolute atomic E-state index is 6.05. The van der Waals surface area contributed by atoms with Crippen LogP contribution in [-0.2, 0) is 6.42 Å². The Morgan fingerprint density at radius 1 is 1.07 bits per heavy atom. The average Bonchev–Trinajstić information content (AvgIpc) is 3.37. The molecule has 4 aromatic rings. The first-order valence-corrected chi connectivity index (χ1v) is 10.7. The van der Waals surface area contributed by atoms with E-state index in [0.717, 1.165) is 40.9 Å². The van der Waals surface area contributed by atoms with Gasteiger partial charge in [-0.05, 0) is 49.7 Å². The minimum absolute atomic E-state index is 0.0576. The van der Waals surface area contributed by atoms with Crippen LogP contribution in [0.5, 0.6) is 0 Å². The third-order valence-corrected chi connectivity index (χ3v) is 5.62. The Bertz CT molecular complexity index is 1080. The minimum Gasteiger partial charge on any atom is -0.338 e. The number of thioether (sulfide) groups is 1. The van der Waals surface area contributed by atoms with Crippen LogP contribution in [0.3, 0.4) is 0 Å². The molecule has 1 unspecified atom stereocenters. The summed E-state index contributed by atoms with van der Waals surface area (Å²) in [6.07, 6.45) is 1.79. The highest BCUT2D eigenvalue weighted by molar-refractivity contribution is 7.99. The Labute approximate surface area is 178 Å². The first-order chi connectivity index (χ1) is 14.2. The van der Waals surface area contributed by atoms with Crippen LogP contribution in [0.25, 0.3) is 17.1 Å². The second-order valence-corrected chi connectivity index (χ2v) is 8.29. The topological polar surface area (TPSA) is 69.6 Å². The summed E-state index contributed by atoms with van der Waals surface area (Å²) in [6.45, 7) is 4.12. The van der Waals surface area contributed by atoms with E-state index in [0.29, 0.717) is 10.9 Å². The highest BCUT2D eigenvalue weighted by Crippen LogP contribution is 2.36. The van der Waals surface area contributed by atoms with E-state index in [2.05, 4.69) is 27.3 Å². The molecule has 8 heteroatoms. The predicted molar refractivity (Wildman–Crippen MR) is 114 cm³/mol. The largest absolute Gasteiger partial charge is 0.338 e. The van der Waals surface area contributed by atoms with Crippen LogP contribution in [0.15, 0.2) is 64.3 Å². The summed E-state index contributed by atoms with van der Waals surface area (Å²) in [5.74, 6) is 2.08. The van der Waals surface area contributed by atoms with Gasteiger partial charge in [0.25, 0.3) is 0 Å². The average molecular weight is 426 g/mol. The highest BCUT2D eigenvalue weighted by Gasteiger charge is 2.22. The first kappa shape index (κ1) is 19.7. The van der Waals surface area contributed by atoms with Crippen molar-refractivity contribution in [2.75, 3.05) is 0 Å². The molecule has 6 nitrogen and oxygen atoms in total. The molecule has 2 heterocycles. The van der Waals surface area contributed by atoms with Crippen molar-refractivity contribution in [3.05, 3.63) is 71.3 Å². The number of nitrogens with zero attached hydrogens (tertiary/aromatic N) is 5. The van der Waals surface area contributed by atoms with Gasteiger partial charge in [0.1, 0.15) is 0 Å². The van der Waals surface area contributed by atoms with Crippen molar-refractivity contribution in [3.63, 3.8) is 0 Å². The van der Waals surface area contributed by atoms with Gasteiger partial charge in [-0.25, -0.2) is 0 Å². The Hall–Kier alpha value is -2.64. The number of aromatic nitrogens is 5. The van der Waals surface area contributed by atoms with E-state index in [1.807, 2.05) is 66.1 Å². The quantitative estimate of drug-likeness (QED) is 0.350. The van der Waals surface area contributed by atoms with Crippen molar-refractivity contribution < 1.29 is 4.52 Å². The van der Waals surface area contributed by atoms with Gasteiger partial charge in [-0.1, -0.05) is 53.6 Å². The summed E-state index contributed by atoms with van der Waals surface area (Å²) in [6, 6.07) is 17.6. The molecule has 1 atom stereocenters. The summed E-state index contributed by atoms with van der Waals surface area (Å²) in [4.78, 5) is 4.50. The summed E-state index contributed by atoms with van der Waals surface area (Å²) in [7, 11) is 0. The molecule has 0 aliphatic rings. The molecule has 2 aromatic carbocycles. The Kier molecular flexibility index (Phi) is 5.97. The fourth-order valence-electron chi connectivity index (χ4n) is 2.91. The molecule has 2 aromatic heterocycles. The van der Waals surface area contributed by atoms with Crippen LogP contribution >= 0.6 is 23.4 Å². The predicted octanol–water partition coefficient (Wildman–Crippen LogP) is 5.78. The lowest BCUT2D eigenvalue weighted by molar-refractivity contribution is 0.374. The summed E-state index contributed by atoms with van der Waals surface area (Å²) < 4.78 is 7.48. The van der Waals surface area contributed by atoms with Crippen molar-refractivity contribution in [1.29, 1.82) is 0 Å². The van der Waals surface area contributed by atoms with Gasteiger partial charge in [-0.3, -0.25) is 4.57 Å². The molecule has 0 spiro atoms. The normalized spacial score (nSPS) is 12.2. The second kappa shape index (κ2) is 8.80. The molecule has 0 N–H and O–H groups in total. The van der Waals surface area contributed by atoms with Gasteiger partial charge in [0, 0.05) is 22.7 Å². The summed E-state index contributed by atoms with van der Waals surface area (Å²) in [5.41, 5.74) is 1.92. The Morgan fingerprint density at radius 3 is 2.55 bits per heavy atom. The monoisotopic (exact) mass is 425 g/mol. The van der Waals surface area contributed by atoms with Crippen LogP contribution < -0.4 is 0 Å². The van der Waals surface area contributed by atoms with Crippen LogP contribution in [0.4, 0.5) is 0 Å². The zero-order valence-electron chi connectivity index (χ0n) is 16.1. The molecule has 29 heavy (non-hydrogen) atoms. The van der Waals surface area contributed by atoms with Crippen molar-refractivity contribution in [2.45, 2.75) is 37.1 Å². The van der Waals surface area contributed by atoms with E-state index in [1.165, 1.54) is 11.8 Å². The maximum atomic E-state index is 6.05. The number of benzene rings is 2. The van der Waals surface area contributed by atoms with Crippen molar-refractivity contribution in [3.8, 4) is 17.1 Å². The van der Waals surface area contributed by atoms with Gasteiger partial charge in [0.05, 0.1) is 5.25 Å². The van der Waals surface area contributed by atoms with Gasteiger partial charge in [-0.15, -0.1) is 10.2 Å².